The summed E-state index contributed by atoms with van der Waals surface area (Å²) < 4.78 is 5.82. The SMILES string of the molecule is C=CCN(Cc1ccc(Cl)s1)C(=O)c1ccc(OC)cc1. The zero-order chi connectivity index (χ0) is 15.2. The van der Waals surface area contributed by atoms with Gasteiger partial charge in [0.1, 0.15) is 5.75 Å². The topological polar surface area (TPSA) is 29.5 Å². The van der Waals surface area contributed by atoms with Crippen LogP contribution in [0.25, 0.3) is 0 Å². The number of hydrogen-bond donors (Lipinski definition) is 0. The Hall–Kier alpha value is -1.78. The molecule has 1 aromatic heterocycles. The van der Waals surface area contributed by atoms with Gasteiger partial charge in [-0.25, -0.2) is 0 Å². The van der Waals surface area contributed by atoms with Gasteiger partial charge < -0.3 is 9.64 Å². The zero-order valence-electron chi connectivity index (χ0n) is 11.7. The number of carbonyl (C=O) groups excluding carboxylic acids is 1. The molecule has 0 aliphatic heterocycles. The Labute approximate surface area is 133 Å². The van der Waals surface area contributed by atoms with Gasteiger partial charge in [0.05, 0.1) is 18.0 Å². The quantitative estimate of drug-likeness (QED) is 0.745. The molecule has 0 bridgehead atoms. The second-order valence-electron chi connectivity index (χ2n) is 4.41. The third kappa shape index (κ3) is 4.09. The van der Waals surface area contributed by atoms with E-state index in [0.29, 0.717) is 18.7 Å². The number of amides is 1. The summed E-state index contributed by atoms with van der Waals surface area (Å²) >= 11 is 7.41. The molecule has 0 atom stereocenters. The Balaban J connectivity index is 2.15. The smallest absolute Gasteiger partial charge is 0.254 e. The van der Waals surface area contributed by atoms with Crippen molar-refractivity contribution in [3.05, 3.63) is 63.8 Å². The summed E-state index contributed by atoms with van der Waals surface area (Å²) in [6.07, 6.45) is 1.72. The highest BCUT2D eigenvalue weighted by atomic mass is 35.5. The number of methoxy groups -OCH3 is 1. The molecule has 2 rings (SSSR count). The Morgan fingerprint density at radius 1 is 1.33 bits per heavy atom. The van der Waals surface area contributed by atoms with Crippen LogP contribution in [0.5, 0.6) is 5.75 Å². The van der Waals surface area contributed by atoms with Crippen molar-refractivity contribution < 1.29 is 9.53 Å². The molecule has 0 unspecified atom stereocenters. The summed E-state index contributed by atoms with van der Waals surface area (Å²) in [5.41, 5.74) is 0.625. The van der Waals surface area contributed by atoms with E-state index < -0.39 is 0 Å². The van der Waals surface area contributed by atoms with Crippen LogP contribution in [-0.2, 0) is 6.54 Å². The Bertz CT molecular complexity index is 621. The average Bonchev–Trinajstić information content (AvgIpc) is 2.91. The van der Waals surface area contributed by atoms with Crippen molar-refractivity contribution in [3.8, 4) is 5.75 Å². The van der Waals surface area contributed by atoms with Crippen molar-refractivity contribution in [2.24, 2.45) is 0 Å². The van der Waals surface area contributed by atoms with E-state index in [1.165, 1.54) is 11.3 Å². The molecule has 0 fully saturated rings. The summed E-state index contributed by atoms with van der Waals surface area (Å²) in [7, 11) is 1.60. The van der Waals surface area contributed by atoms with Gasteiger partial charge in [0.2, 0.25) is 0 Å². The van der Waals surface area contributed by atoms with Crippen LogP contribution in [0.2, 0.25) is 4.34 Å². The molecule has 0 saturated carbocycles. The van der Waals surface area contributed by atoms with Gasteiger partial charge in [-0.2, -0.15) is 0 Å². The molecule has 1 amide bonds. The molecule has 0 saturated heterocycles. The van der Waals surface area contributed by atoms with E-state index in [-0.39, 0.29) is 5.91 Å². The van der Waals surface area contributed by atoms with Crippen molar-refractivity contribution in [1.82, 2.24) is 4.90 Å². The zero-order valence-corrected chi connectivity index (χ0v) is 13.3. The maximum atomic E-state index is 12.6. The van der Waals surface area contributed by atoms with Gasteiger partial charge >= 0.3 is 0 Å². The fraction of sp³-hybridized carbons (Fsp3) is 0.188. The monoisotopic (exact) mass is 321 g/mol. The Morgan fingerprint density at radius 2 is 2.05 bits per heavy atom. The molecule has 0 spiro atoms. The highest BCUT2D eigenvalue weighted by Gasteiger charge is 2.16. The molecule has 0 aliphatic rings. The van der Waals surface area contributed by atoms with Crippen LogP contribution in [0.15, 0.2) is 49.1 Å². The molecule has 110 valence electrons. The van der Waals surface area contributed by atoms with E-state index in [2.05, 4.69) is 6.58 Å². The highest BCUT2D eigenvalue weighted by molar-refractivity contribution is 7.16. The maximum absolute atomic E-state index is 12.6. The van der Waals surface area contributed by atoms with Crippen LogP contribution in [0, 0.1) is 0 Å². The minimum Gasteiger partial charge on any atom is -0.497 e. The minimum atomic E-state index is -0.0397. The first-order valence-electron chi connectivity index (χ1n) is 6.42. The van der Waals surface area contributed by atoms with Crippen LogP contribution in [0.4, 0.5) is 0 Å². The first-order chi connectivity index (χ1) is 10.1. The van der Waals surface area contributed by atoms with Gasteiger partial charge in [0.15, 0.2) is 0 Å². The standard InChI is InChI=1S/C16H16ClNO2S/c1-3-10-18(11-14-8-9-15(17)21-14)16(19)12-4-6-13(20-2)7-5-12/h3-9H,1,10-11H2,2H3. The van der Waals surface area contributed by atoms with Crippen LogP contribution in [-0.4, -0.2) is 24.5 Å². The third-order valence-electron chi connectivity index (χ3n) is 2.95. The molecule has 5 heteroatoms. The van der Waals surface area contributed by atoms with Gasteiger partial charge in [-0.05, 0) is 36.4 Å². The lowest BCUT2D eigenvalue weighted by atomic mass is 10.2. The third-order valence-corrected chi connectivity index (χ3v) is 4.17. The number of benzene rings is 1. The first kappa shape index (κ1) is 15.6. The predicted molar refractivity (Wildman–Crippen MR) is 87.3 cm³/mol. The van der Waals surface area contributed by atoms with Crippen molar-refractivity contribution in [2.45, 2.75) is 6.54 Å². The van der Waals surface area contributed by atoms with Crippen molar-refractivity contribution in [2.75, 3.05) is 13.7 Å². The van der Waals surface area contributed by atoms with Gasteiger partial charge in [-0.15, -0.1) is 17.9 Å². The summed E-state index contributed by atoms with van der Waals surface area (Å²) in [5, 5.41) is 0. The summed E-state index contributed by atoms with van der Waals surface area (Å²) in [6, 6.07) is 10.9. The van der Waals surface area contributed by atoms with Crippen molar-refractivity contribution >= 4 is 28.8 Å². The number of halogens is 1. The number of rotatable bonds is 6. The summed E-state index contributed by atoms with van der Waals surface area (Å²) in [6.45, 7) is 4.72. The van der Waals surface area contributed by atoms with E-state index in [0.717, 1.165) is 15.0 Å². The molecule has 3 nitrogen and oxygen atoms in total. The molecule has 0 radical (unpaired) electrons. The van der Waals surface area contributed by atoms with Crippen LogP contribution >= 0.6 is 22.9 Å². The van der Waals surface area contributed by atoms with Gasteiger partial charge in [0, 0.05) is 17.0 Å². The number of ether oxygens (including phenoxy) is 1. The molecule has 0 aliphatic carbocycles. The van der Waals surface area contributed by atoms with Crippen LogP contribution < -0.4 is 4.74 Å². The summed E-state index contributed by atoms with van der Waals surface area (Å²) in [5.74, 6) is 0.689. The number of hydrogen-bond acceptors (Lipinski definition) is 3. The first-order valence-corrected chi connectivity index (χ1v) is 7.62. The Morgan fingerprint density at radius 3 is 2.57 bits per heavy atom. The van der Waals surface area contributed by atoms with Gasteiger partial charge in [-0.1, -0.05) is 17.7 Å². The molecule has 1 heterocycles. The van der Waals surface area contributed by atoms with Crippen molar-refractivity contribution in [3.63, 3.8) is 0 Å². The predicted octanol–water partition coefficient (Wildman–Crippen LogP) is 4.24. The second-order valence-corrected chi connectivity index (χ2v) is 6.21. The largest absolute Gasteiger partial charge is 0.497 e. The van der Waals surface area contributed by atoms with Gasteiger partial charge in [0.25, 0.3) is 5.91 Å². The highest BCUT2D eigenvalue weighted by Crippen LogP contribution is 2.23. The normalized spacial score (nSPS) is 10.2. The van der Waals surface area contributed by atoms with E-state index in [1.54, 1.807) is 42.4 Å². The maximum Gasteiger partial charge on any atom is 0.254 e. The number of carbonyl (C=O) groups is 1. The fourth-order valence-electron chi connectivity index (χ4n) is 1.92. The molecular weight excluding hydrogens is 306 g/mol. The molecule has 2 aromatic rings. The molecule has 1 aromatic carbocycles. The lowest BCUT2D eigenvalue weighted by Gasteiger charge is -2.20. The van der Waals surface area contributed by atoms with Gasteiger partial charge in [-0.3, -0.25) is 4.79 Å². The van der Waals surface area contributed by atoms with Crippen LogP contribution in [0.3, 0.4) is 0 Å². The lowest BCUT2D eigenvalue weighted by Crippen LogP contribution is -2.30. The lowest BCUT2D eigenvalue weighted by molar-refractivity contribution is 0.0764. The molecule has 21 heavy (non-hydrogen) atoms. The summed E-state index contributed by atoms with van der Waals surface area (Å²) in [4.78, 5) is 15.3. The average molecular weight is 322 g/mol. The molecule has 0 N–H and O–H groups in total. The minimum absolute atomic E-state index is 0.0397. The van der Waals surface area contributed by atoms with Crippen molar-refractivity contribution in [1.29, 1.82) is 0 Å². The number of thiophene rings is 1. The fourth-order valence-corrected chi connectivity index (χ4v) is 3.02. The van der Waals surface area contributed by atoms with E-state index >= 15 is 0 Å². The molecular formula is C16H16ClNO2S. The van der Waals surface area contributed by atoms with Crippen LogP contribution in [0.1, 0.15) is 15.2 Å². The second kappa shape index (κ2) is 7.29. The Kier molecular flexibility index (Phi) is 5.42. The van der Waals surface area contributed by atoms with E-state index in [1.807, 2.05) is 12.1 Å². The van der Waals surface area contributed by atoms with E-state index in [9.17, 15) is 4.79 Å². The number of nitrogens with zero attached hydrogens (tertiary/aromatic N) is 1. The van der Waals surface area contributed by atoms with E-state index in [4.69, 9.17) is 16.3 Å².